The van der Waals surface area contributed by atoms with Crippen LogP contribution in [0.5, 0.6) is 0 Å². The number of para-hydroxylation sites is 2. The standard InChI is InChI=1S/C22H17ClFN3/c23-16-5-3-4-15(12-16)21-13-19(14-8-10-17(24)11-9-14)26-22-25-18-6-1-2-7-20(18)27(21)22/h1-12,19,21H,13H2,(H,25,26)/t19-,21+/m0/s1. The summed E-state index contributed by atoms with van der Waals surface area (Å²) in [4.78, 5) is 4.79. The van der Waals surface area contributed by atoms with Gasteiger partial charge in [-0.15, -0.1) is 0 Å². The average molecular weight is 378 g/mol. The van der Waals surface area contributed by atoms with Crippen molar-refractivity contribution in [1.29, 1.82) is 0 Å². The van der Waals surface area contributed by atoms with Crippen molar-refractivity contribution in [2.45, 2.75) is 18.5 Å². The molecular weight excluding hydrogens is 361 g/mol. The summed E-state index contributed by atoms with van der Waals surface area (Å²) in [5.41, 5.74) is 4.22. The Morgan fingerprint density at radius 3 is 2.59 bits per heavy atom. The fourth-order valence-corrected chi connectivity index (χ4v) is 4.12. The van der Waals surface area contributed by atoms with E-state index in [-0.39, 0.29) is 17.9 Å². The summed E-state index contributed by atoms with van der Waals surface area (Å²) in [5, 5.41) is 4.25. The van der Waals surface area contributed by atoms with Crippen LogP contribution in [0.1, 0.15) is 29.6 Å². The SMILES string of the molecule is Fc1ccc([C@@H]2C[C@H](c3cccc(Cl)c3)n3c(nc4ccccc43)N2)cc1. The highest BCUT2D eigenvalue weighted by Crippen LogP contribution is 2.41. The molecule has 0 saturated carbocycles. The van der Waals surface area contributed by atoms with E-state index in [0.717, 1.165) is 39.6 Å². The van der Waals surface area contributed by atoms with E-state index in [1.807, 2.05) is 48.5 Å². The van der Waals surface area contributed by atoms with Gasteiger partial charge in [0.1, 0.15) is 5.82 Å². The summed E-state index contributed by atoms with van der Waals surface area (Å²) in [6.07, 6.45) is 0.819. The van der Waals surface area contributed by atoms with E-state index in [1.165, 1.54) is 12.1 Å². The number of hydrogen-bond donors (Lipinski definition) is 1. The molecule has 0 radical (unpaired) electrons. The van der Waals surface area contributed by atoms with Crippen LogP contribution in [0.25, 0.3) is 11.0 Å². The number of aromatic nitrogens is 2. The van der Waals surface area contributed by atoms with Crippen molar-refractivity contribution < 1.29 is 4.39 Å². The second-order valence-electron chi connectivity index (χ2n) is 6.85. The van der Waals surface area contributed by atoms with Crippen LogP contribution >= 0.6 is 11.6 Å². The zero-order valence-corrected chi connectivity index (χ0v) is 15.2. The summed E-state index contributed by atoms with van der Waals surface area (Å²) in [5.74, 6) is 0.593. The first-order chi connectivity index (χ1) is 13.2. The number of nitrogens with one attached hydrogen (secondary N) is 1. The number of fused-ring (bicyclic) bond motifs is 3. The Bertz CT molecular complexity index is 1120. The van der Waals surface area contributed by atoms with Crippen LogP contribution in [0, 0.1) is 5.82 Å². The van der Waals surface area contributed by atoms with Gasteiger partial charge in [0, 0.05) is 5.02 Å². The molecule has 1 aliphatic rings. The third-order valence-corrected chi connectivity index (χ3v) is 5.41. The molecule has 2 heterocycles. The lowest BCUT2D eigenvalue weighted by Gasteiger charge is -2.33. The van der Waals surface area contributed by atoms with E-state index in [4.69, 9.17) is 16.6 Å². The quantitative estimate of drug-likeness (QED) is 0.466. The normalized spacial score (nSPS) is 18.9. The largest absolute Gasteiger partial charge is 0.349 e. The lowest BCUT2D eigenvalue weighted by atomic mass is 9.93. The van der Waals surface area contributed by atoms with Crippen LogP contribution in [-0.2, 0) is 0 Å². The van der Waals surface area contributed by atoms with Gasteiger partial charge in [0.15, 0.2) is 0 Å². The number of halogens is 2. The molecule has 1 aromatic heterocycles. The minimum Gasteiger partial charge on any atom is -0.349 e. The molecule has 0 fully saturated rings. The van der Waals surface area contributed by atoms with E-state index in [0.29, 0.717) is 0 Å². The molecular formula is C22H17ClFN3. The summed E-state index contributed by atoms with van der Waals surface area (Å²) >= 11 is 6.27. The van der Waals surface area contributed by atoms with Crippen LogP contribution < -0.4 is 5.32 Å². The smallest absolute Gasteiger partial charge is 0.204 e. The second kappa shape index (κ2) is 6.39. The molecule has 3 aromatic carbocycles. The van der Waals surface area contributed by atoms with Crippen molar-refractivity contribution in [1.82, 2.24) is 9.55 Å². The average Bonchev–Trinajstić information content (AvgIpc) is 3.06. The van der Waals surface area contributed by atoms with Crippen LogP contribution in [0.15, 0.2) is 72.8 Å². The van der Waals surface area contributed by atoms with Gasteiger partial charge in [-0.3, -0.25) is 0 Å². The molecule has 0 spiro atoms. The Morgan fingerprint density at radius 1 is 0.963 bits per heavy atom. The third-order valence-electron chi connectivity index (χ3n) is 5.18. The maximum atomic E-state index is 13.4. The van der Waals surface area contributed by atoms with Crippen LogP contribution in [-0.4, -0.2) is 9.55 Å². The monoisotopic (exact) mass is 377 g/mol. The highest BCUT2D eigenvalue weighted by atomic mass is 35.5. The van der Waals surface area contributed by atoms with Crippen LogP contribution in [0.4, 0.5) is 10.3 Å². The lowest BCUT2D eigenvalue weighted by molar-refractivity contribution is 0.477. The molecule has 1 aliphatic heterocycles. The van der Waals surface area contributed by atoms with Gasteiger partial charge in [-0.2, -0.15) is 0 Å². The molecule has 0 amide bonds. The van der Waals surface area contributed by atoms with Gasteiger partial charge < -0.3 is 9.88 Å². The molecule has 2 atom stereocenters. The van der Waals surface area contributed by atoms with Gasteiger partial charge in [-0.05, 0) is 53.9 Å². The predicted molar refractivity (Wildman–Crippen MR) is 107 cm³/mol. The number of hydrogen-bond acceptors (Lipinski definition) is 2. The highest BCUT2D eigenvalue weighted by molar-refractivity contribution is 6.30. The molecule has 4 aromatic rings. The molecule has 0 bridgehead atoms. The molecule has 5 rings (SSSR count). The van der Waals surface area contributed by atoms with Crippen molar-refractivity contribution in [2.24, 2.45) is 0 Å². The molecule has 0 unspecified atom stereocenters. The summed E-state index contributed by atoms with van der Waals surface area (Å²) < 4.78 is 15.6. The maximum Gasteiger partial charge on any atom is 0.204 e. The highest BCUT2D eigenvalue weighted by Gasteiger charge is 2.31. The number of imidazole rings is 1. The van der Waals surface area contributed by atoms with Gasteiger partial charge in [-0.25, -0.2) is 9.37 Å². The molecule has 0 aliphatic carbocycles. The first-order valence-electron chi connectivity index (χ1n) is 8.93. The molecule has 134 valence electrons. The molecule has 27 heavy (non-hydrogen) atoms. The van der Waals surface area contributed by atoms with Crippen molar-refractivity contribution in [3.63, 3.8) is 0 Å². The summed E-state index contributed by atoms with van der Waals surface area (Å²) in [6.45, 7) is 0. The number of nitrogens with zero attached hydrogens (tertiary/aromatic N) is 2. The summed E-state index contributed by atoms with van der Waals surface area (Å²) in [6, 6.07) is 22.9. The molecule has 1 N–H and O–H groups in total. The first kappa shape index (κ1) is 16.3. The van der Waals surface area contributed by atoms with Gasteiger partial charge in [0.2, 0.25) is 5.95 Å². The van der Waals surface area contributed by atoms with E-state index in [2.05, 4.69) is 22.0 Å². The maximum absolute atomic E-state index is 13.4. The number of anilines is 1. The third kappa shape index (κ3) is 2.86. The van der Waals surface area contributed by atoms with Crippen molar-refractivity contribution in [3.05, 3.63) is 94.8 Å². The van der Waals surface area contributed by atoms with Crippen LogP contribution in [0.3, 0.4) is 0 Å². The number of rotatable bonds is 2. The Morgan fingerprint density at radius 2 is 1.78 bits per heavy atom. The summed E-state index contributed by atoms with van der Waals surface area (Å²) in [7, 11) is 0. The van der Waals surface area contributed by atoms with E-state index in [1.54, 1.807) is 0 Å². The van der Waals surface area contributed by atoms with Gasteiger partial charge >= 0.3 is 0 Å². The Kier molecular flexibility index (Phi) is 3.87. The van der Waals surface area contributed by atoms with Gasteiger partial charge in [-0.1, -0.05) is 48.0 Å². The van der Waals surface area contributed by atoms with Crippen molar-refractivity contribution >= 4 is 28.6 Å². The zero-order valence-electron chi connectivity index (χ0n) is 14.4. The lowest BCUT2D eigenvalue weighted by Crippen LogP contribution is -2.27. The Hall–Kier alpha value is -2.85. The van der Waals surface area contributed by atoms with Gasteiger partial charge in [0.25, 0.3) is 0 Å². The second-order valence-corrected chi connectivity index (χ2v) is 7.29. The van der Waals surface area contributed by atoms with E-state index in [9.17, 15) is 4.39 Å². The van der Waals surface area contributed by atoms with E-state index >= 15 is 0 Å². The van der Waals surface area contributed by atoms with Crippen molar-refractivity contribution in [2.75, 3.05) is 5.32 Å². The van der Waals surface area contributed by atoms with Gasteiger partial charge in [0.05, 0.1) is 23.1 Å². The molecule has 3 nitrogen and oxygen atoms in total. The fourth-order valence-electron chi connectivity index (χ4n) is 3.92. The Balaban J connectivity index is 1.67. The molecule has 5 heteroatoms. The first-order valence-corrected chi connectivity index (χ1v) is 9.31. The Labute approximate surface area is 161 Å². The van der Waals surface area contributed by atoms with Crippen LogP contribution in [0.2, 0.25) is 5.02 Å². The zero-order chi connectivity index (χ0) is 18.4. The predicted octanol–water partition coefficient (Wildman–Crippen LogP) is 5.98. The van der Waals surface area contributed by atoms with Crippen molar-refractivity contribution in [3.8, 4) is 0 Å². The number of benzene rings is 3. The van der Waals surface area contributed by atoms with E-state index < -0.39 is 0 Å². The minimum absolute atomic E-state index is 0.0406. The topological polar surface area (TPSA) is 29.9 Å². The fraction of sp³-hybridized carbons (Fsp3) is 0.136. The molecule has 0 saturated heterocycles. The minimum atomic E-state index is -0.229.